The molecule has 1 saturated heterocycles. The molecule has 2 atom stereocenters. The Morgan fingerprint density at radius 1 is 1.47 bits per heavy atom. The van der Waals surface area contributed by atoms with E-state index in [2.05, 4.69) is 12.1 Å². The Balaban J connectivity index is 1.79. The lowest BCUT2D eigenvalue weighted by atomic mass is 9.95. The van der Waals surface area contributed by atoms with Crippen molar-refractivity contribution in [3.63, 3.8) is 0 Å². The molecule has 0 unspecified atom stereocenters. The first kappa shape index (κ1) is 10.6. The van der Waals surface area contributed by atoms with Gasteiger partial charge in [-0.1, -0.05) is 12.1 Å². The molecule has 0 aromatic heterocycles. The Bertz CT molecular complexity index is 428. The molecular formula is C14H17NO2. The van der Waals surface area contributed by atoms with Crippen molar-refractivity contribution >= 4 is 6.41 Å². The molecule has 1 amide bonds. The molecule has 1 heterocycles. The molecule has 17 heavy (non-hydrogen) atoms. The Hall–Kier alpha value is -1.51. The molecule has 0 N–H and O–H groups in total. The largest absolute Gasteiger partial charge is 0.494 e. The van der Waals surface area contributed by atoms with Crippen molar-refractivity contribution in [1.82, 2.24) is 4.90 Å². The van der Waals surface area contributed by atoms with E-state index in [4.69, 9.17) is 4.74 Å². The Kier molecular flexibility index (Phi) is 2.35. The van der Waals surface area contributed by atoms with Crippen LogP contribution in [0.3, 0.4) is 0 Å². The lowest BCUT2D eigenvalue weighted by molar-refractivity contribution is -0.117. The first-order chi connectivity index (χ1) is 8.28. The monoisotopic (exact) mass is 231 g/mol. The van der Waals surface area contributed by atoms with Gasteiger partial charge in [-0.3, -0.25) is 4.79 Å². The van der Waals surface area contributed by atoms with E-state index in [-0.39, 0.29) is 5.41 Å². The highest BCUT2D eigenvalue weighted by atomic mass is 16.5. The highest BCUT2D eigenvalue weighted by Crippen LogP contribution is 2.58. The van der Waals surface area contributed by atoms with Crippen molar-refractivity contribution in [3.8, 4) is 5.75 Å². The number of carbonyl (C=O) groups excluding carboxylic acids is 1. The number of carbonyl (C=O) groups is 1. The summed E-state index contributed by atoms with van der Waals surface area (Å²) >= 11 is 0. The molecule has 2 fully saturated rings. The fourth-order valence-electron chi connectivity index (χ4n) is 3.10. The average Bonchev–Trinajstić information content (AvgIpc) is 2.93. The van der Waals surface area contributed by atoms with Gasteiger partial charge in [0.05, 0.1) is 6.61 Å². The van der Waals surface area contributed by atoms with Crippen molar-refractivity contribution in [1.29, 1.82) is 0 Å². The zero-order chi connectivity index (χ0) is 11.9. The van der Waals surface area contributed by atoms with E-state index < -0.39 is 0 Å². The minimum absolute atomic E-state index is 0.256. The summed E-state index contributed by atoms with van der Waals surface area (Å²) in [7, 11) is 0. The molecule has 90 valence electrons. The lowest BCUT2D eigenvalue weighted by Gasteiger charge is -2.17. The summed E-state index contributed by atoms with van der Waals surface area (Å²) < 4.78 is 5.45. The number of ether oxygens (including phenoxy) is 1. The van der Waals surface area contributed by atoms with E-state index in [1.807, 2.05) is 24.0 Å². The van der Waals surface area contributed by atoms with Gasteiger partial charge in [0, 0.05) is 18.5 Å². The van der Waals surface area contributed by atoms with Crippen LogP contribution in [0.1, 0.15) is 18.9 Å². The number of fused-ring (bicyclic) bond motifs is 1. The van der Waals surface area contributed by atoms with Crippen LogP contribution >= 0.6 is 0 Å². The predicted octanol–water partition coefficient (Wildman–Crippen LogP) is 1.81. The fourth-order valence-corrected chi connectivity index (χ4v) is 3.10. The van der Waals surface area contributed by atoms with Gasteiger partial charge in [0.25, 0.3) is 0 Å². The third-order valence-corrected chi connectivity index (χ3v) is 4.06. The van der Waals surface area contributed by atoms with Crippen molar-refractivity contribution in [3.05, 3.63) is 29.8 Å². The Morgan fingerprint density at radius 2 is 2.24 bits per heavy atom. The van der Waals surface area contributed by atoms with Crippen LogP contribution in [0.4, 0.5) is 0 Å². The molecule has 1 aromatic carbocycles. The van der Waals surface area contributed by atoms with Crippen LogP contribution in [-0.2, 0) is 10.2 Å². The molecule has 3 heteroatoms. The number of hydrogen-bond acceptors (Lipinski definition) is 2. The molecule has 2 aliphatic rings. The number of rotatable bonds is 4. The zero-order valence-corrected chi connectivity index (χ0v) is 10.1. The van der Waals surface area contributed by atoms with Crippen molar-refractivity contribution < 1.29 is 9.53 Å². The molecule has 1 aliphatic carbocycles. The third kappa shape index (κ3) is 1.61. The number of nitrogens with zero attached hydrogens (tertiary/aromatic N) is 1. The van der Waals surface area contributed by atoms with E-state index in [0.717, 1.165) is 25.2 Å². The van der Waals surface area contributed by atoms with Gasteiger partial charge in [0.2, 0.25) is 6.41 Å². The number of piperidine rings is 1. The molecule has 1 aromatic rings. The number of likely N-dealkylation sites (tertiary alicyclic amines) is 1. The number of hydrogen-bond donors (Lipinski definition) is 0. The molecule has 3 nitrogen and oxygen atoms in total. The smallest absolute Gasteiger partial charge is 0.209 e. The van der Waals surface area contributed by atoms with Gasteiger partial charge in [0.1, 0.15) is 5.75 Å². The molecule has 1 saturated carbocycles. The minimum Gasteiger partial charge on any atom is -0.494 e. The van der Waals surface area contributed by atoms with E-state index in [1.165, 1.54) is 12.0 Å². The third-order valence-electron chi connectivity index (χ3n) is 4.06. The maximum Gasteiger partial charge on any atom is 0.209 e. The normalized spacial score (nSPS) is 29.9. The predicted molar refractivity (Wildman–Crippen MR) is 65.0 cm³/mol. The van der Waals surface area contributed by atoms with E-state index in [0.29, 0.717) is 12.5 Å². The molecular weight excluding hydrogens is 214 g/mol. The Morgan fingerprint density at radius 3 is 2.82 bits per heavy atom. The minimum atomic E-state index is 0.256. The molecule has 0 spiro atoms. The van der Waals surface area contributed by atoms with Crippen LogP contribution in [0.2, 0.25) is 0 Å². The second-order valence-corrected chi connectivity index (χ2v) is 5.05. The SMILES string of the molecule is CCOc1ccc([C@@]23C[C@@H]2CN(C=O)C3)cc1. The lowest BCUT2D eigenvalue weighted by Crippen LogP contribution is -2.24. The second kappa shape index (κ2) is 3.76. The number of benzene rings is 1. The van der Waals surface area contributed by atoms with Crippen LogP contribution in [0, 0.1) is 5.92 Å². The summed E-state index contributed by atoms with van der Waals surface area (Å²) in [4.78, 5) is 12.7. The highest BCUT2D eigenvalue weighted by Gasteiger charge is 2.60. The highest BCUT2D eigenvalue weighted by molar-refractivity contribution is 5.52. The Labute approximate surface area is 101 Å². The van der Waals surface area contributed by atoms with Crippen molar-refractivity contribution in [2.24, 2.45) is 5.92 Å². The van der Waals surface area contributed by atoms with Crippen LogP contribution in [0.25, 0.3) is 0 Å². The van der Waals surface area contributed by atoms with Gasteiger partial charge in [0.15, 0.2) is 0 Å². The van der Waals surface area contributed by atoms with Crippen LogP contribution in [-0.4, -0.2) is 31.0 Å². The van der Waals surface area contributed by atoms with Gasteiger partial charge in [-0.25, -0.2) is 0 Å². The van der Waals surface area contributed by atoms with Crippen LogP contribution in [0.15, 0.2) is 24.3 Å². The van der Waals surface area contributed by atoms with Crippen LogP contribution in [0.5, 0.6) is 5.75 Å². The number of amides is 1. The molecule has 1 aliphatic heterocycles. The summed E-state index contributed by atoms with van der Waals surface area (Å²) in [6, 6.07) is 8.37. The van der Waals surface area contributed by atoms with E-state index in [1.54, 1.807) is 0 Å². The van der Waals surface area contributed by atoms with E-state index in [9.17, 15) is 4.79 Å². The quantitative estimate of drug-likeness (QED) is 0.740. The molecule has 0 radical (unpaired) electrons. The first-order valence-corrected chi connectivity index (χ1v) is 6.21. The summed E-state index contributed by atoms with van der Waals surface area (Å²) in [6.07, 6.45) is 2.20. The van der Waals surface area contributed by atoms with Gasteiger partial charge in [-0.15, -0.1) is 0 Å². The summed E-state index contributed by atoms with van der Waals surface area (Å²) in [5, 5.41) is 0. The zero-order valence-electron chi connectivity index (χ0n) is 10.1. The summed E-state index contributed by atoms with van der Waals surface area (Å²) in [6.45, 7) is 4.50. The van der Waals surface area contributed by atoms with Crippen molar-refractivity contribution in [2.75, 3.05) is 19.7 Å². The van der Waals surface area contributed by atoms with Gasteiger partial charge in [-0.2, -0.15) is 0 Å². The van der Waals surface area contributed by atoms with Crippen molar-refractivity contribution in [2.45, 2.75) is 18.8 Å². The van der Waals surface area contributed by atoms with Gasteiger partial charge in [-0.05, 0) is 37.0 Å². The second-order valence-electron chi connectivity index (χ2n) is 5.05. The van der Waals surface area contributed by atoms with Gasteiger partial charge < -0.3 is 9.64 Å². The molecule has 3 rings (SSSR count). The maximum absolute atomic E-state index is 10.8. The first-order valence-electron chi connectivity index (χ1n) is 6.21. The van der Waals surface area contributed by atoms with Gasteiger partial charge >= 0.3 is 0 Å². The van der Waals surface area contributed by atoms with E-state index >= 15 is 0 Å². The fraction of sp³-hybridized carbons (Fsp3) is 0.500. The maximum atomic E-state index is 10.8. The van der Waals surface area contributed by atoms with Crippen LogP contribution < -0.4 is 4.74 Å². The molecule has 0 bridgehead atoms. The standard InChI is InChI=1S/C14H17NO2/c1-2-17-13-5-3-11(4-6-13)14-7-12(14)8-15(9-14)10-16/h3-6,10,12H,2,7-9H2,1H3/t12-,14+/m1/s1. The summed E-state index contributed by atoms with van der Waals surface area (Å²) in [5.41, 5.74) is 1.61. The average molecular weight is 231 g/mol. The summed E-state index contributed by atoms with van der Waals surface area (Å²) in [5.74, 6) is 1.60. The topological polar surface area (TPSA) is 29.5 Å².